The number of benzene rings is 2. The highest BCUT2D eigenvalue weighted by atomic mass is 35.5. The van der Waals surface area contributed by atoms with Gasteiger partial charge in [0.15, 0.2) is 0 Å². The van der Waals surface area contributed by atoms with Gasteiger partial charge in [0.25, 0.3) is 0 Å². The summed E-state index contributed by atoms with van der Waals surface area (Å²) in [6.07, 6.45) is 0.808. The third-order valence-corrected chi connectivity index (χ3v) is 3.97. The number of ether oxygens (including phenoxy) is 1. The van der Waals surface area contributed by atoms with E-state index in [0.717, 1.165) is 34.4 Å². The molecule has 1 N–H and O–H groups in total. The highest BCUT2D eigenvalue weighted by Gasteiger charge is 2.08. The number of esters is 1. The van der Waals surface area contributed by atoms with Crippen LogP contribution in [0.25, 0.3) is 10.9 Å². The van der Waals surface area contributed by atoms with Crippen LogP contribution in [0.4, 0.5) is 11.4 Å². The fourth-order valence-corrected chi connectivity index (χ4v) is 2.73. The van der Waals surface area contributed by atoms with Crippen molar-refractivity contribution < 1.29 is 9.53 Å². The van der Waals surface area contributed by atoms with E-state index in [-0.39, 0.29) is 5.97 Å². The minimum atomic E-state index is -0.301. The normalized spacial score (nSPS) is 10.7. The fraction of sp³-hybridized carbons (Fsp3) is 0.200. The molecule has 0 unspecified atom stereocenters. The van der Waals surface area contributed by atoms with Gasteiger partial charge in [0.1, 0.15) is 0 Å². The molecule has 0 radical (unpaired) electrons. The number of aryl methyl sites for hydroxylation is 1. The Bertz CT molecular complexity index is 907. The summed E-state index contributed by atoms with van der Waals surface area (Å²) in [6.45, 7) is 4.35. The second-order valence-corrected chi connectivity index (χ2v) is 6.25. The highest BCUT2D eigenvalue weighted by molar-refractivity contribution is 6.31. The number of nitrogens with zero attached hydrogens (tertiary/aromatic N) is 1. The molecule has 0 aliphatic carbocycles. The summed E-state index contributed by atoms with van der Waals surface area (Å²) < 4.78 is 5.14. The predicted molar refractivity (Wildman–Crippen MR) is 102 cm³/mol. The standard InChI is InChI=1S/C20H19ClN2O2/c1-3-10-25-20(24)14-4-7-16(8-5-14)23-19-11-13(2)22-18-9-6-15(21)12-17(18)19/h4-9,11-12H,3,10H2,1-2H3,(H,22,23). The van der Waals surface area contributed by atoms with Crippen molar-refractivity contribution in [3.8, 4) is 0 Å². The van der Waals surface area contributed by atoms with Gasteiger partial charge in [-0.25, -0.2) is 4.79 Å². The topological polar surface area (TPSA) is 51.2 Å². The second kappa shape index (κ2) is 7.53. The largest absolute Gasteiger partial charge is 0.462 e. The van der Waals surface area contributed by atoms with Crippen molar-refractivity contribution >= 4 is 39.8 Å². The van der Waals surface area contributed by atoms with Crippen LogP contribution >= 0.6 is 11.6 Å². The zero-order valence-electron chi connectivity index (χ0n) is 14.2. The van der Waals surface area contributed by atoms with E-state index in [2.05, 4.69) is 10.3 Å². The van der Waals surface area contributed by atoms with E-state index >= 15 is 0 Å². The van der Waals surface area contributed by atoms with Crippen LogP contribution in [-0.4, -0.2) is 17.6 Å². The molecule has 0 aliphatic rings. The van der Waals surface area contributed by atoms with Gasteiger partial charge in [-0.3, -0.25) is 4.98 Å². The van der Waals surface area contributed by atoms with Gasteiger partial charge in [-0.15, -0.1) is 0 Å². The van der Waals surface area contributed by atoms with E-state index < -0.39 is 0 Å². The van der Waals surface area contributed by atoms with Crippen molar-refractivity contribution in [3.63, 3.8) is 0 Å². The van der Waals surface area contributed by atoms with Crippen molar-refractivity contribution in [1.82, 2.24) is 4.98 Å². The number of fused-ring (bicyclic) bond motifs is 1. The molecule has 25 heavy (non-hydrogen) atoms. The Balaban J connectivity index is 1.86. The lowest BCUT2D eigenvalue weighted by Gasteiger charge is -2.12. The summed E-state index contributed by atoms with van der Waals surface area (Å²) in [6, 6.07) is 14.8. The molecular formula is C20H19ClN2O2. The average molecular weight is 355 g/mol. The summed E-state index contributed by atoms with van der Waals surface area (Å²) >= 11 is 6.12. The number of carbonyl (C=O) groups is 1. The third-order valence-electron chi connectivity index (χ3n) is 3.74. The number of rotatable bonds is 5. The van der Waals surface area contributed by atoms with E-state index in [1.165, 1.54) is 0 Å². The van der Waals surface area contributed by atoms with Gasteiger partial charge in [0.2, 0.25) is 0 Å². The van der Waals surface area contributed by atoms with Gasteiger partial charge >= 0.3 is 5.97 Å². The molecule has 5 heteroatoms. The number of anilines is 2. The van der Waals surface area contributed by atoms with E-state index in [1.54, 1.807) is 12.1 Å². The van der Waals surface area contributed by atoms with Crippen molar-refractivity contribution in [2.45, 2.75) is 20.3 Å². The quantitative estimate of drug-likeness (QED) is 0.614. The molecule has 2 aromatic carbocycles. The van der Waals surface area contributed by atoms with Crippen LogP contribution in [-0.2, 0) is 4.74 Å². The van der Waals surface area contributed by atoms with E-state index in [9.17, 15) is 4.79 Å². The van der Waals surface area contributed by atoms with Crippen LogP contribution in [0, 0.1) is 6.92 Å². The lowest BCUT2D eigenvalue weighted by atomic mass is 10.1. The Kier molecular flexibility index (Phi) is 5.19. The lowest BCUT2D eigenvalue weighted by Crippen LogP contribution is -2.05. The van der Waals surface area contributed by atoms with Gasteiger partial charge in [-0.05, 0) is 61.9 Å². The van der Waals surface area contributed by atoms with Crippen LogP contribution in [0.5, 0.6) is 0 Å². The molecule has 0 fully saturated rings. The maximum atomic E-state index is 11.9. The molecule has 0 saturated heterocycles. The lowest BCUT2D eigenvalue weighted by molar-refractivity contribution is 0.0505. The first-order chi connectivity index (χ1) is 12.1. The number of halogens is 1. The minimum Gasteiger partial charge on any atom is -0.462 e. The Morgan fingerprint density at radius 3 is 2.64 bits per heavy atom. The molecule has 4 nitrogen and oxygen atoms in total. The fourth-order valence-electron chi connectivity index (χ4n) is 2.56. The maximum Gasteiger partial charge on any atom is 0.338 e. The number of hydrogen-bond acceptors (Lipinski definition) is 4. The Morgan fingerprint density at radius 1 is 1.16 bits per heavy atom. The van der Waals surface area contributed by atoms with E-state index in [1.807, 2.05) is 50.2 Å². The molecule has 0 spiro atoms. The number of hydrogen-bond donors (Lipinski definition) is 1. The summed E-state index contributed by atoms with van der Waals surface area (Å²) in [7, 11) is 0. The van der Waals surface area contributed by atoms with Crippen LogP contribution in [0.15, 0.2) is 48.5 Å². The first-order valence-corrected chi connectivity index (χ1v) is 8.55. The molecule has 3 rings (SSSR count). The molecule has 0 saturated carbocycles. The van der Waals surface area contributed by atoms with Crippen LogP contribution < -0.4 is 5.32 Å². The van der Waals surface area contributed by atoms with Crippen LogP contribution in [0.1, 0.15) is 29.4 Å². The predicted octanol–water partition coefficient (Wildman–Crippen LogP) is 5.51. The van der Waals surface area contributed by atoms with Gasteiger partial charge in [0, 0.05) is 27.5 Å². The molecule has 1 heterocycles. The van der Waals surface area contributed by atoms with Gasteiger partial charge in [0.05, 0.1) is 17.7 Å². The first kappa shape index (κ1) is 17.2. The molecule has 0 aliphatic heterocycles. The van der Waals surface area contributed by atoms with Crippen LogP contribution in [0.2, 0.25) is 5.02 Å². The smallest absolute Gasteiger partial charge is 0.338 e. The zero-order chi connectivity index (χ0) is 17.8. The molecular weight excluding hydrogens is 336 g/mol. The summed E-state index contributed by atoms with van der Waals surface area (Å²) in [5.74, 6) is -0.301. The van der Waals surface area contributed by atoms with Gasteiger partial charge < -0.3 is 10.1 Å². The number of pyridine rings is 1. The van der Waals surface area contributed by atoms with Crippen molar-refractivity contribution in [3.05, 3.63) is 64.8 Å². The molecule has 128 valence electrons. The number of nitrogens with one attached hydrogen (secondary N) is 1. The monoisotopic (exact) mass is 354 g/mol. The molecule has 0 bridgehead atoms. The van der Waals surface area contributed by atoms with E-state index in [0.29, 0.717) is 17.2 Å². The Morgan fingerprint density at radius 2 is 1.92 bits per heavy atom. The van der Waals surface area contributed by atoms with E-state index in [4.69, 9.17) is 16.3 Å². The SMILES string of the molecule is CCCOC(=O)c1ccc(Nc2cc(C)nc3ccc(Cl)cc23)cc1. The Hall–Kier alpha value is -2.59. The number of carbonyl (C=O) groups excluding carboxylic acids is 1. The second-order valence-electron chi connectivity index (χ2n) is 5.81. The van der Waals surface area contributed by atoms with Crippen molar-refractivity contribution in [1.29, 1.82) is 0 Å². The van der Waals surface area contributed by atoms with Gasteiger partial charge in [-0.2, -0.15) is 0 Å². The average Bonchev–Trinajstić information content (AvgIpc) is 2.61. The molecule has 1 aromatic heterocycles. The minimum absolute atomic E-state index is 0.301. The summed E-state index contributed by atoms with van der Waals surface area (Å²) in [5.41, 5.74) is 4.13. The first-order valence-electron chi connectivity index (χ1n) is 8.18. The van der Waals surface area contributed by atoms with Crippen molar-refractivity contribution in [2.24, 2.45) is 0 Å². The molecule has 3 aromatic rings. The van der Waals surface area contributed by atoms with Gasteiger partial charge in [-0.1, -0.05) is 18.5 Å². The summed E-state index contributed by atoms with van der Waals surface area (Å²) in [4.78, 5) is 16.4. The van der Waals surface area contributed by atoms with Crippen LogP contribution in [0.3, 0.4) is 0 Å². The maximum absolute atomic E-state index is 11.9. The third kappa shape index (κ3) is 4.09. The highest BCUT2D eigenvalue weighted by Crippen LogP contribution is 2.28. The summed E-state index contributed by atoms with van der Waals surface area (Å²) in [5, 5.41) is 4.98. The molecule has 0 atom stereocenters. The van der Waals surface area contributed by atoms with Crippen molar-refractivity contribution in [2.75, 3.05) is 11.9 Å². The molecule has 0 amide bonds. The Labute approximate surface area is 151 Å². The zero-order valence-corrected chi connectivity index (χ0v) is 14.9. The number of aromatic nitrogens is 1.